The fraction of sp³-hybridized carbons (Fsp3) is 0.130. The molecular weight excluding hydrogens is 352 g/mol. The Morgan fingerprint density at radius 3 is 1.75 bits per heavy atom. The van der Waals surface area contributed by atoms with E-state index in [1.807, 2.05) is 60.7 Å². The second-order valence-corrected chi connectivity index (χ2v) is 6.42. The standard InChI is InChI=1S/C23H22N2O3/c1-24-23(17-11-5-3-6-12-17,18-13-7-4-8-14-18)22(28)25(2)20-16-10-9-15-19(20)21(26)27/h3-16,24H,1-2H3,(H,26,27). The highest BCUT2D eigenvalue weighted by molar-refractivity contribution is 6.07. The number of anilines is 1. The van der Waals surface area contributed by atoms with Crippen molar-refractivity contribution in [1.29, 1.82) is 0 Å². The largest absolute Gasteiger partial charge is 0.478 e. The van der Waals surface area contributed by atoms with Crippen LogP contribution in [0.5, 0.6) is 0 Å². The molecule has 0 fully saturated rings. The Balaban J connectivity index is 2.19. The van der Waals surface area contributed by atoms with Gasteiger partial charge < -0.3 is 10.0 Å². The van der Waals surface area contributed by atoms with E-state index in [9.17, 15) is 14.7 Å². The lowest BCUT2D eigenvalue weighted by Gasteiger charge is -2.37. The van der Waals surface area contributed by atoms with Gasteiger partial charge in [0.2, 0.25) is 0 Å². The van der Waals surface area contributed by atoms with Crippen molar-refractivity contribution in [3.05, 3.63) is 102 Å². The van der Waals surface area contributed by atoms with Gasteiger partial charge in [0, 0.05) is 7.05 Å². The van der Waals surface area contributed by atoms with Crippen molar-refractivity contribution in [2.24, 2.45) is 0 Å². The topological polar surface area (TPSA) is 69.6 Å². The molecule has 0 heterocycles. The molecule has 5 nitrogen and oxygen atoms in total. The van der Waals surface area contributed by atoms with E-state index >= 15 is 0 Å². The Hall–Kier alpha value is -3.44. The summed E-state index contributed by atoms with van der Waals surface area (Å²) in [5, 5.41) is 12.7. The van der Waals surface area contributed by atoms with Crippen LogP contribution in [0.15, 0.2) is 84.9 Å². The molecule has 0 aromatic heterocycles. The molecule has 3 rings (SSSR count). The van der Waals surface area contributed by atoms with E-state index in [4.69, 9.17) is 0 Å². The maximum absolute atomic E-state index is 13.8. The summed E-state index contributed by atoms with van der Waals surface area (Å²) < 4.78 is 0. The molecule has 0 bridgehead atoms. The van der Waals surface area contributed by atoms with Gasteiger partial charge in [-0.15, -0.1) is 0 Å². The van der Waals surface area contributed by atoms with Crippen LogP contribution in [0.3, 0.4) is 0 Å². The van der Waals surface area contributed by atoms with E-state index in [-0.39, 0.29) is 11.5 Å². The van der Waals surface area contributed by atoms with Gasteiger partial charge in [0.25, 0.3) is 5.91 Å². The molecule has 0 saturated heterocycles. The van der Waals surface area contributed by atoms with E-state index in [0.717, 1.165) is 11.1 Å². The average Bonchev–Trinajstić information content (AvgIpc) is 2.75. The van der Waals surface area contributed by atoms with Crippen molar-refractivity contribution in [1.82, 2.24) is 5.32 Å². The number of para-hydroxylation sites is 1. The molecule has 28 heavy (non-hydrogen) atoms. The fourth-order valence-electron chi connectivity index (χ4n) is 3.49. The molecule has 3 aromatic rings. The van der Waals surface area contributed by atoms with Crippen LogP contribution < -0.4 is 10.2 Å². The van der Waals surface area contributed by atoms with Crippen LogP contribution in [0.1, 0.15) is 21.5 Å². The molecule has 3 aromatic carbocycles. The number of likely N-dealkylation sites (N-methyl/N-ethyl adjacent to an activating group) is 2. The number of benzene rings is 3. The zero-order chi connectivity index (χ0) is 20.1. The minimum Gasteiger partial charge on any atom is -0.478 e. The minimum absolute atomic E-state index is 0.0736. The third-order valence-corrected chi connectivity index (χ3v) is 4.91. The first-order valence-electron chi connectivity index (χ1n) is 8.92. The molecule has 0 saturated carbocycles. The summed E-state index contributed by atoms with van der Waals surface area (Å²) >= 11 is 0. The molecule has 0 spiro atoms. The summed E-state index contributed by atoms with van der Waals surface area (Å²) in [7, 11) is 3.33. The third kappa shape index (κ3) is 3.28. The Bertz CT molecular complexity index is 932. The second-order valence-electron chi connectivity index (χ2n) is 6.42. The zero-order valence-electron chi connectivity index (χ0n) is 15.8. The molecule has 1 amide bonds. The van der Waals surface area contributed by atoms with Crippen molar-refractivity contribution in [3.63, 3.8) is 0 Å². The number of carbonyl (C=O) groups is 2. The smallest absolute Gasteiger partial charge is 0.337 e. The van der Waals surface area contributed by atoms with Gasteiger partial charge >= 0.3 is 5.97 Å². The summed E-state index contributed by atoms with van der Waals surface area (Å²) in [6.45, 7) is 0. The summed E-state index contributed by atoms with van der Waals surface area (Å²) in [5.74, 6) is -1.36. The quantitative estimate of drug-likeness (QED) is 0.693. The second kappa shape index (κ2) is 8.06. The van der Waals surface area contributed by atoms with Crippen LogP contribution in [0.4, 0.5) is 5.69 Å². The number of carbonyl (C=O) groups excluding carboxylic acids is 1. The van der Waals surface area contributed by atoms with Gasteiger partial charge in [-0.25, -0.2) is 4.79 Å². The number of nitrogens with zero attached hydrogens (tertiary/aromatic N) is 1. The first-order chi connectivity index (χ1) is 13.5. The summed E-state index contributed by atoms with van der Waals surface area (Å²) in [4.78, 5) is 26.9. The molecule has 0 unspecified atom stereocenters. The Labute approximate surface area is 164 Å². The number of rotatable bonds is 6. The third-order valence-electron chi connectivity index (χ3n) is 4.91. The Morgan fingerprint density at radius 2 is 1.29 bits per heavy atom. The summed E-state index contributed by atoms with van der Waals surface area (Å²) in [5.41, 5.74) is 0.792. The van der Waals surface area contributed by atoms with Gasteiger partial charge in [0.05, 0.1) is 11.3 Å². The number of hydrogen-bond donors (Lipinski definition) is 2. The first-order valence-corrected chi connectivity index (χ1v) is 8.92. The highest BCUT2D eigenvalue weighted by Gasteiger charge is 2.43. The number of hydrogen-bond acceptors (Lipinski definition) is 3. The van der Waals surface area contributed by atoms with E-state index in [2.05, 4.69) is 5.32 Å². The van der Waals surface area contributed by atoms with E-state index in [1.54, 1.807) is 32.3 Å². The van der Waals surface area contributed by atoms with Crippen molar-refractivity contribution in [3.8, 4) is 0 Å². The minimum atomic E-state index is -1.16. The fourth-order valence-corrected chi connectivity index (χ4v) is 3.49. The van der Waals surface area contributed by atoms with Crippen LogP contribution in [0.2, 0.25) is 0 Å². The number of amides is 1. The lowest BCUT2D eigenvalue weighted by Crippen LogP contribution is -2.54. The Morgan fingerprint density at radius 1 is 0.821 bits per heavy atom. The zero-order valence-corrected chi connectivity index (χ0v) is 15.8. The molecule has 0 radical (unpaired) electrons. The molecular formula is C23H22N2O3. The predicted octanol–water partition coefficient (Wildman–Crippen LogP) is 3.51. The molecule has 2 N–H and O–H groups in total. The van der Waals surface area contributed by atoms with Gasteiger partial charge in [-0.2, -0.15) is 0 Å². The number of carboxylic acids is 1. The van der Waals surface area contributed by atoms with Gasteiger partial charge in [-0.3, -0.25) is 10.1 Å². The van der Waals surface area contributed by atoms with E-state index in [1.165, 1.54) is 11.0 Å². The summed E-state index contributed by atoms with van der Waals surface area (Å²) in [6.07, 6.45) is 0. The molecule has 0 aliphatic rings. The van der Waals surface area contributed by atoms with Crippen molar-refractivity contribution < 1.29 is 14.7 Å². The molecule has 0 aliphatic heterocycles. The van der Waals surface area contributed by atoms with Crippen molar-refractivity contribution in [2.75, 3.05) is 19.0 Å². The molecule has 0 atom stereocenters. The predicted molar refractivity (Wildman–Crippen MR) is 110 cm³/mol. The number of aromatic carboxylic acids is 1. The molecule has 5 heteroatoms. The van der Waals surface area contributed by atoms with Crippen LogP contribution in [-0.2, 0) is 10.3 Å². The van der Waals surface area contributed by atoms with Gasteiger partial charge in [-0.05, 0) is 30.3 Å². The SMILES string of the molecule is CNC(C(=O)N(C)c1ccccc1C(=O)O)(c1ccccc1)c1ccccc1. The van der Waals surface area contributed by atoms with Gasteiger partial charge in [0.15, 0.2) is 0 Å². The van der Waals surface area contributed by atoms with Crippen LogP contribution >= 0.6 is 0 Å². The lowest BCUT2D eigenvalue weighted by atomic mass is 9.81. The van der Waals surface area contributed by atoms with E-state index < -0.39 is 11.5 Å². The van der Waals surface area contributed by atoms with E-state index in [0.29, 0.717) is 5.69 Å². The highest BCUT2D eigenvalue weighted by Crippen LogP contribution is 2.33. The first kappa shape index (κ1) is 19.3. The lowest BCUT2D eigenvalue weighted by molar-refractivity contribution is -0.123. The average molecular weight is 374 g/mol. The molecule has 0 aliphatic carbocycles. The Kier molecular flexibility index (Phi) is 5.57. The monoisotopic (exact) mass is 374 g/mol. The van der Waals surface area contributed by atoms with Crippen LogP contribution in [-0.4, -0.2) is 31.1 Å². The number of carboxylic acid groups (broad SMARTS) is 1. The van der Waals surface area contributed by atoms with Gasteiger partial charge in [0.1, 0.15) is 5.54 Å². The maximum atomic E-state index is 13.8. The normalized spacial score (nSPS) is 11.1. The molecule has 142 valence electrons. The van der Waals surface area contributed by atoms with Gasteiger partial charge in [-0.1, -0.05) is 72.8 Å². The van der Waals surface area contributed by atoms with Crippen molar-refractivity contribution in [2.45, 2.75) is 5.54 Å². The number of nitrogens with one attached hydrogen (secondary N) is 1. The highest BCUT2D eigenvalue weighted by atomic mass is 16.4. The van der Waals surface area contributed by atoms with Crippen LogP contribution in [0.25, 0.3) is 0 Å². The van der Waals surface area contributed by atoms with Crippen LogP contribution in [0, 0.1) is 0 Å². The van der Waals surface area contributed by atoms with Crippen molar-refractivity contribution >= 4 is 17.6 Å². The maximum Gasteiger partial charge on any atom is 0.337 e. The summed E-state index contributed by atoms with van der Waals surface area (Å²) in [6, 6.07) is 25.3.